The molecule has 0 fully saturated rings. The Morgan fingerprint density at radius 3 is 2.86 bits per heavy atom. The van der Waals surface area contributed by atoms with E-state index in [1.54, 1.807) is 18.2 Å². The van der Waals surface area contributed by atoms with Crippen molar-refractivity contribution in [1.29, 1.82) is 0 Å². The van der Waals surface area contributed by atoms with E-state index >= 15 is 0 Å². The summed E-state index contributed by atoms with van der Waals surface area (Å²) in [5.74, 6) is 2.26. The van der Waals surface area contributed by atoms with Gasteiger partial charge in [0.25, 0.3) is 5.91 Å². The fraction of sp³-hybridized carbons (Fsp3) is 0.235. The van der Waals surface area contributed by atoms with Gasteiger partial charge in [0.1, 0.15) is 5.75 Å². The van der Waals surface area contributed by atoms with Gasteiger partial charge in [-0.25, -0.2) is 0 Å². The molecule has 112 valence electrons. The molecular formula is C17H15NO4. The minimum atomic E-state index is -0.123. The first-order valence-electron chi connectivity index (χ1n) is 7.21. The molecule has 0 bridgehead atoms. The van der Waals surface area contributed by atoms with Gasteiger partial charge in [-0.3, -0.25) is 4.79 Å². The van der Waals surface area contributed by atoms with Crippen LogP contribution in [0.2, 0.25) is 0 Å². The van der Waals surface area contributed by atoms with E-state index in [-0.39, 0.29) is 18.6 Å². The van der Waals surface area contributed by atoms with Crippen LogP contribution in [0.25, 0.3) is 0 Å². The molecule has 0 saturated heterocycles. The number of ether oxygens (including phenoxy) is 3. The second-order valence-corrected chi connectivity index (χ2v) is 5.32. The first-order valence-corrected chi connectivity index (χ1v) is 7.21. The number of hydrogen-bond donors (Lipinski definition) is 1. The third-order valence-corrected chi connectivity index (χ3v) is 3.94. The second-order valence-electron chi connectivity index (χ2n) is 5.32. The topological polar surface area (TPSA) is 56.8 Å². The van der Waals surface area contributed by atoms with E-state index in [1.807, 2.05) is 24.3 Å². The standard InChI is InChI=1S/C17H15NO4/c19-17(11-5-6-15-16(7-11)22-10-21-15)18-8-12-9-20-14-4-2-1-3-13(12)14/h1-7,12H,8-10H2,(H,18,19)/t12-/m1/s1. The van der Waals surface area contributed by atoms with Gasteiger partial charge in [0.15, 0.2) is 11.5 Å². The van der Waals surface area contributed by atoms with Crippen molar-refractivity contribution in [3.8, 4) is 17.2 Å². The van der Waals surface area contributed by atoms with Crippen molar-refractivity contribution < 1.29 is 19.0 Å². The summed E-state index contributed by atoms with van der Waals surface area (Å²) in [5, 5.41) is 2.96. The highest BCUT2D eigenvalue weighted by atomic mass is 16.7. The Hall–Kier alpha value is -2.69. The average Bonchev–Trinajstić information content (AvgIpc) is 3.18. The average molecular weight is 297 g/mol. The molecule has 1 N–H and O–H groups in total. The van der Waals surface area contributed by atoms with Crippen molar-refractivity contribution in [3.63, 3.8) is 0 Å². The van der Waals surface area contributed by atoms with Crippen LogP contribution >= 0.6 is 0 Å². The molecule has 0 aliphatic carbocycles. The number of carbonyl (C=O) groups is 1. The van der Waals surface area contributed by atoms with Crippen LogP contribution in [-0.2, 0) is 0 Å². The van der Waals surface area contributed by atoms with Gasteiger partial charge in [-0.05, 0) is 24.3 Å². The maximum atomic E-state index is 12.3. The Bertz CT molecular complexity index is 728. The molecule has 2 heterocycles. The normalized spacial score (nSPS) is 17.7. The lowest BCUT2D eigenvalue weighted by Crippen LogP contribution is -2.28. The summed E-state index contributed by atoms with van der Waals surface area (Å²) in [5.41, 5.74) is 1.71. The highest BCUT2D eigenvalue weighted by molar-refractivity contribution is 5.95. The first kappa shape index (κ1) is 13.0. The van der Waals surface area contributed by atoms with Gasteiger partial charge in [0.05, 0.1) is 6.61 Å². The smallest absolute Gasteiger partial charge is 0.251 e. The Morgan fingerprint density at radius 1 is 1.05 bits per heavy atom. The van der Waals surface area contributed by atoms with Crippen molar-refractivity contribution in [3.05, 3.63) is 53.6 Å². The van der Waals surface area contributed by atoms with Crippen LogP contribution < -0.4 is 19.5 Å². The molecular weight excluding hydrogens is 282 g/mol. The number of nitrogens with one attached hydrogen (secondary N) is 1. The van der Waals surface area contributed by atoms with E-state index in [1.165, 1.54) is 0 Å². The number of fused-ring (bicyclic) bond motifs is 2. The summed E-state index contributed by atoms with van der Waals surface area (Å²) in [4.78, 5) is 12.3. The predicted molar refractivity (Wildman–Crippen MR) is 79.6 cm³/mol. The Balaban J connectivity index is 1.43. The molecule has 22 heavy (non-hydrogen) atoms. The quantitative estimate of drug-likeness (QED) is 0.944. The van der Waals surface area contributed by atoms with Gasteiger partial charge in [-0.2, -0.15) is 0 Å². The fourth-order valence-corrected chi connectivity index (χ4v) is 2.75. The highest BCUT2D eigenvalue weighted by Crippen LogP contribution is 2.34. The van der Waals surface area contributed by atoms with Crippen molar-refractivity contribution in [2.24, 2.45) is 0 Å². The minimum absolute atomic E-state index is 0.123. The van der Waals surface area contributed by atoms with Crippen LogP contribution in [0.5, 0.6) is 17.2 Å². The predicted octanol–water partition coefficient (Wildman–Crippen LogP) is 2.32. The largest absolute Gasteiger partial charge is 0.493 e. The third kappa shape index (κ3) is 2.24. The molecule has 1 atom stereocenters. The molecule has 0 saturated carbocycles. The maximum Gasteiger partial charge on any atom is 0.251 e. The monoisotopic (exact) mass is 297 g/mol. The fourth-order valence-electron chi connectivity index (χ4n) is 2.75. The van der Waals surface area contributed by atoms with E-state index in [9.17, 15) is 4.79 Å². The summed E-state index contributed by atoms with van der Waals surface area (Å²) >= 11 is 0. The Morgan fingerprint density at radius 2 is 1.91 bits per heavy atom. The zero-order valence-electron chi connectivity index (χ0n) is 11.9. The summed E-state index contributed by atoms with van der Waals surface area (Å²) in [6, 6.07) is 13.1. The molecule has 1 amide bonds. The maximum absolute atomic E-state index is 12.3. The van der Waals surface area contributed by atoms with E-state index in [2.05, 4.69) is 5.32 Å². The zero-order chi connectivity index (χ0) is 14.9. The lowest BCUT2D eigenvalue weighted by Gasteiger charge is -2.11. The van der Waals surface area contributed by atoms with Gasteiger partial charge in [-0.15, -0.1) is 0 Å². The molecule has 2 aliphatic heterocycles. The van der Waals surface area contributed by atoms with Gasteiger partial charge >= 0.3 is 0 Å². The van der Waals surface area contributed by atoms with Gasteiger partial charge < -0.3 is 19.5 Å². The summed E-state index contributed by atoms with van der Waals surface area (Å²) < 4.78 is 16.2. The van der Waals surface area contributed by atoms with Crippen molar-refractivity contribution >= 4 is 5.91 Å². The summed E-state index contributed by atoms with van der Waals surface area (Å²) in [7, 11) is 0. The molecule has 0 unspecified atom stereocenters. The molecule has 2 aromatic carbocycles. The van der Waals surface area contributed by atoms with Crippen molar-refractivity contribution in [2.45, 2.75) is 5.92 Å². The number of amides is 1. The Labute approximate surface area is 127 Å². The van der Waals surface area contributed by atoms with E-state index < -0.39 is 0 Å². The number of para-hydroxylation sites is 1. The number of rotatable bonds is 3. The molecule has 0 radical (unpaired) electrons. The van der Waals surface area contributed by atoms with Crippen LogP contribution in [0.1, 0.15) is 21.8 Å². The number of benzene rings is 2. The molecule has 2 aromatic rings. The molecule has 2 aliphatic rings. The molecule has 5 nitrogen and oxygen atoms in total. The van der Waals surface area contributed by atoms with E-state index in [4.69, 9.17) is 14.2 Å². The minimum Gasteiger partial charge on any atom is -0.493 e. The highest BCUT2D eigenvalue weighted by Gasteiger charge is 2.24. The molecule has 5 heteroatoms. The van der Waals surface area contributed by atoms with E-state index in [0.29, 0.717) is 30.2 Å². The van der Waals surface area contributed by atoms with Gasteiger partial charge in [0.2, 0.25) is 6.79 Å². The van der Waals surface area contributed by atoms with Crippen LogP contribution in [0.4, 0.5) is 0 Å². The lowest BCUT2D eigenvalue weighted by molar-refractivity contribution is 0.0949. The third-order valence-electron chi connectivity index (χ3n) is 3.94. The van der Waals surface area contributed by atoms with Crippen molar-refractivity contribution in [1.82, 2.24) is 5.32 Å². The van der Waals surface area contributed by atoms with Crippen LogP contribution in [0, 0.1) is 0 Å². The molecule has 4 rings (SSSR count). The number of carbonyl (C=O) groups excluding carboxylic acids is 1. The second kappa shape index (κ2) is 5.26. The van der Waals surface area contributed by atoms with Crippen LogP contribution in [0.15, 0.2) is 42.5 Å². The van der Waals surface area contributed by atoms with Crippen LogP contribution in [0.3, 0.4) is 0 Å². The van der Waals surface area contributed by atoms with Gasteiger partial charge in [0, 0.05) is 23.6 Å². The number of hydrogen-bond acceptors (Lipinski definition) is 4. The first-order chi connectivity index (χ1) is 10.8. The Kier molecular flexibility index (Phi) is 3.11. The SMILES string of the molecule is O=C(NC[C@@H]1COc2ccccc21)c1ccc2c(c1)OCO2. The van der Waals surface area contributed by atoms with E-state index in [0.717, 1.165) is 11.3 Å². The zero-order valence-corrected chi connectivity index (χ0v) is 11.9. The summed E-state index contributed by atoms with van der Waals surface area (Å²) in [6.07, 6.45) is 0. The molecule has 0 spiro atoms. The van der Waals surface area contributed by atoms with Crippen LogP contribution in [-0.4, -0.2) is 25.9 Å². The summed E-state index contributed by atoms with van der Waals surface area (Å²) in [6.45, 7) is 1.35. The van der Waals surface area contributed by atoms with Gasteiger partial charge in [-0.1, -0.05) is 18.2 Å². The molecule has 0 aromatic heterocycles. The van der Waals surface area contributed by atoms with Crippen molar-refractivity contribution in [2.75, 3.05) is 19.9 Å². The lowest BCUT2D eigenvalue weighted by atomic mass is 10.0.